The van der Waals surface area contributed by atoms with Crippen LogP contribution in [-0.2, 0) is 9.53 Å². The van der Waals surface area contributed by atoms with Crippen molar-refractivity contribution in [3.63, 3.8) is 0 Å². The molecule has 160 valence electrons. The van der Waals surface area contributed by atoms with Gasteiger partial charge in [-0.3, -0.25) is 4.79 Å². The Bertz CT molecular complexity index is 1090. The number of carbonyl (C=O) groups excluding carboxylic acids is 2. The first-order valence-corrected chi connectivity index (χ1v) is 10.3. The van der Waals surface area contributed by atoms with Crippen molar-refractivity contribution in [2.45, 2.75) is 12.5 Å². The molecule has 1 aliphatic heterocycles. The standard InChI is InChI=1S/C22H20N2O6S/c1-27-17-8-7-14(11-19(17)28-2)16-12-15(20-6-4-10-31-20)23-24(16)21(25)13-30-22(26)18-5-3-9-29-18/h3-11,16H,12-13H2,1-2H3. The summed E-state index contributed by atoms with van der Waals surface area (Å²) in [4.78, 5) is 26.0. The summed E-state index contributed by atoms with van der Waals surface area (Å²) in [6.07, 6.45) is 1.89. The number of furan rings is 1. The number of hydrogen-bond acceptors (Lipinski definition) is 8. The van der Waals surface area contributed by atoms with Crippen LogP contribution in [0.5, 0.6) is 11.5 Å². The average Bonchev–Trinajstić information content (AvgIpc) is 3.57. The number of hydrogen-bond donors (Lipinski definition) is 0. The third-order valence-electron chi connectivity index (χ3n) is 4.81. The second kappa shape index (κ2) is 9.05. The Morgan fingerprint density at radius 3 is 2.68 bits per heavy atom. The van der Waals surface area contributed by atoms with Gasteiger partial charge in [0, 0.05) is 6.42 Å². The smallest absolute Gasteiger partial charge is 0.374 e. The number of ether oxygens (including phenoxy) is 3. The number of methoxy groups -OCH3 is 2. The Morgan fingerprint density at radius 2 is 2.00 bits per heavy atom. The highest BCUT2D eigenvalue weighted by Crippen LogP contribution is 2.37. The molecule has 0 bridgehead atoms. The third kappa shape index (κ3) is 4.31. The molecular weight excluding hydrogens is 420 g/mol. The van der Waals surface area contributed by atoms with Gasteiger partial charge in [-0.15, -0.1) is 11.3 Å². The number of nitrogens with zero attached hydrogens (tertiary/aromatic N) is 2. The summed E-state index contributed by atoms with van der Waals surface area (Å²) in [5.74, 6) is 0.0393. The van der Waals surface area contributed by atoms with Crippen LogP contribution in [0.25, 0.3) is 0 Å². The Morgan fingerprint density at radius 1 is 1.16 bits per heavy atom. The van der Waals surface area contributed by atoms with Gasteiger partial charge in [-0.05, 0) is 41.3 Å². The lowest BCUT2D eigenvalue weighted by Gasteiger charge is -2.22. The summed E-state index contributed by atoms with van der Waals surface area (Å²) in [5.41, 5.74) is 1.62. The van der Waals surface area contributed by atoms with Crippen LogP contribution in [0.3, 0.4) is 0 Å². The van der Waals surface area contributed by atoms with Crippen LogP contribution in [0.1, 0.15) is 33.5 Å². The minimum absolute atomic E-state index is 0.0356. The van der Waals surface area contributed by atoms with Crippen LogP contribution in [0.15, 0.2) is 63.6 Å². The van der Waals surface area contributed by atoms with Crippen molar-refractivity contribution in [2.24, 2.45) is 5.10 Å². The fourth-order valence-electron chi connectivity index (χ4n) is 3.31. The molecule has 0 fully saturated rings. The normalized spacial score (nSPS) is 15.5. The van der Waals surface area contributed by atoms with Crippen molar-refractivity contribution >= 4 is 28.9 Å². The van der Waals surface area contributed by atoms with Gasteiger partial charge >= 0.3 is 5.97 Å². The van der Waals surface area contributed by atoms with E-state index in [0.717, 1.165) is 16.2 Å². The molecule has 1 aliphatic rings. The SMILES string of the molecule is COc1ccc(C2CC(c3cccs3)=NN2C(=O)COC(=O)c2ccco2)cc1OC. The minimum atomic E-state index is -0.706. The maximum absolute atomic E-state index is 13.0. The summed E-state index contributed by atoms with van der Waals surface area (Å²) in [6.45, 7) is -0.454. The molecule has 0 radical (unpaired) electrons. The largest absolute Gasteiger partial charge is 0.493 e. The number of hydrazone groups is 1. The zero-order valence-electron chi connectivity index (χ0n) is 16.9. The monoisotopic (exact) mass is 440 g/mol. The van der Waals surface area contributed by atoms with E-state index in [1.165, 1.54) is 17.3 Å². The van der Waals surface area contributed by atoms with Crippen molar-refractivity contribution in [1.82, 2.24) is 5.01 Å². The molecule has 0 spiro atoms. The maximum atomic E-state index is 13.0. The molecule has 1 aromatic carbocycles. The molecule has 2 aromatic heterocycles. The Kier molecular flexibility index (Phi) is 6.03. The summed E-state index contributed by atoms with van der Waals surface area (Å²) in [6, 6.07) is 12.1. The zero-order valence-corrected chi connectivity index (χ0v) is 17.8. The fraction of sp³-hybridized carbons (Fsp3) is 0.227. The van der Waals surface area contributed by atoms with E-state index in [9.17, 15) is 9.59 Å². The van der Waals surface area contributed by atoms with E-state index in [4.69, 9.17) is 18.6 Å². The first kappa shape index (κ1) is 20.7. The van der Waals surface area contributed by atoms with Gasteiger partial charge in [0.15, 0.2) is 18.1 Å². The zero-order chi connectivity index (χ0) is 21.8. The van der Waals surface area contributed by atoms with E-state index in [0.29, 0.717) is 17.9 Å². The molecule has 31 heavy (non-hydrogen) atoms. The van der Waals surface area contributed by atoms with E-state index >= 15 is 0 Å². The van der Waals surface area contributed by atoms with E-state index < -0.39 is 18.5 Å². The highest BCUT2D eigenvalue weighted by Gasteiger charge is 2.34. The number of rotatable bonds is 7. The van der Waals surface area contributed by atoms with Gasteiger partial charge in [-0.2, -0.15) is 5.10 Å². The van der Waals surface area contributed by atoms with Crippen LogP contribution in [-0.4, -0.2) is 43.4 Å². The third-order valence-corrected chi connectivity index (χ3v) is 5.73. The van der Waals surface area contributed by atoms with Gasteiger partial charge < -0.3 is 18.6 Å². The quantitative estimate of drug-likeness (QED) is 0.518. The average molecular weight is 440 g/mol. The number of thiophene rings is 1. The molecule has 4 rings (SSSR count). The van der Waals surface area contributed by atoms with Crippen LogP contribution in [0.2, 0.25) is 0 Å². The number of esters is 1. The first-order valence-electron chi connectivity index (χ1n) is 9.46. The first-order chi connectivity index (χ1) is 15.1. The lowest BCUT2D eigenvalue weighted by molar-refractivity contribution is -0.136. The minimum Gasteiger partial charge on any atom is -0.493 e. The van der Waals surface area contributed by atoms with Crippen LogP contribution in [0, 0.1) is 0 Å². The number of amides is 1. The Hall–Kier alpha value is -3.59. The van der Waals surface area contributed by atoms with Crippen LogP contribution < -0.4 is 9.47 Å². The second-order valence-electron chi connectivity index (χ2n) is 6.65. The molecule has 9 heteroatoms. The summed E-state index contributed by atoms with van der Waals surface area (Å²) < 4.78 is 20.8. The Balaban J connectivity index is 1.58. The molecule has 3 aromatic rings. The topological polar surface area (TPSA) is 90.6 Å². The van der Waals surface area contributed by atoms with E-state index in [1.54, 1.807) is 37.7 Å². The molecule has 1 atom stereocenters. The van der Waals surface area contributed by atoms with Crippen molar-refractivity contribution in [3.8, 4) is 11.5 Å². The van der Waals surface area contributed by atoms with Crippen molar-refractivity contribution in [1.29, 1.82) is 0 Å². The predicted molar refractivity (Wildman–Crippen MR) is 114 cm³/mol. The molecule has 0 saturated carbocycles. The second-order valence-corrected chi connectivity index (χ2v) is 7.60. The van der Waals surface area contributed by atoms with Crippen LogP contribution >= 0.6 is 11.3 Å². The van der Waals surface area contributed by atoms with Gasteiger partial charge in [0.25, 0.3) is 5.91 Å². The molecule has 1 amide bonds. The van der Waals surface area contributed by atoms with Crippen molar-refractivity contribution < 1.29 is 28.2 Å². The highest BCUT2D eigenvalue weighted by atomic mass is 32.1. The van der Waals surface area contributed by atoms with E-state index in [-0.39, 0.29) is 11.8 Å². The summed E-state index contributed by atoms with van der Waals surface area (Å²) >= 11 is 1.55. The van der Waals surface area contributed by atoms with Gasteiger partial charge in [0.1, 0.15) is 0 Å². The van der Waals surface area contributed by atoms with Crippen molar-refractivity contribution in [3.05, 3.63) is 70.3 Å². The summed E-state index contributed by atoms with van der Waals surface area (Å²) in [7, 11) is 3.12. The molecule has 1 unspecified atom stereocenters. The lowest BCUT2D eigenvalue weighted by Crippen LogP contribution is -2.31. The maximum Gasteiger partial charge on any atom is 0.374 e. The summed E-state index contributed by atoms with van der Waals surface area (Å²) in [5, 5.41) is 7.88. The number of benzene rings is 1. The van der Waals surface area contributed by atoms with Gasteiger partial charge in [0.2, 0.25) is 5.76 Å². The Labute approximate surface area is 182 Å². The molecule has 3 heterocycles. The van der Waals surface area contributed by atoms with E-state index in [1.807, 2.05) is 29.6 Å². The predicted octanol–water partition coefficient (Wildman–Crippen LogP) is 3.89. The van der Waals surface area contributed by atoms with Gasteiger partial charge in [-0.1, -0.05) is 12.1 Å². The van der Waals surface area contributed by atoms with Crippen molar-refractivity contribution in [2.75, 3.05) is 20.8 Å². The van der Waals surface area contributed by atoms with Crippen LogP contribution in [0.4, 0.5) is 0 Å². The van der Waals surface area contributed by atoms with Gasteiger partial charge in [-0.25, -0.2) is 9.80 Å². The fourth-order valence-corrected chi connectivity index (χ4v) is 4.03. The lowest BCUT2D eigenvalue weighted by atomic mass is 10.0. The number of carbonyl (C=O) groups is 2. The van der Waals surface area contributed by atoms with Gasteiger partial charge in [0.05, 0.1) is 37.1 Å². The molecule has 0 aliphatic carbocycles. The molecule has 0 N–H and O–H groups in total. The molecule has 8 nitrogen and oxygen atoms in total. The molecule has 0 saturated heterocycles. The highest BCUT2D eigenvalue weighted by molar-refractivity contribution is 7.12. The molecular formula is C22H20N2O6S. The van der Waals surface area contributed by atoms with E-state index in [2.05, 4.69) is 5.10 Å².